The molecule has 0 spiro atoms. The second-order valence-corrected chi connectivity index (χ2v) is 8.70. The van der Waals surface area contributed by atoms with Crippen molar-refractivity contribution in [1.29, 1.82) is 0 Å². The van der Waals surface area contributed by atoms with Gasteiger partial charge in [-0.3, -0.25) is 4.90 Å². The summed E-state index contributed by atoms with van der Waals surface area (Å²) in [5.74, 6) is 0.702. The molecule has 1 atom stereocenters. The molecule has 0 aliphatic carbocycles. The van der Waals surface area contributed by atoms with E-state index in [2.05, 4.69) is 50.2 Å². The van der Waals surface area contributed by atoms with Gasteiger partial charge in [0.2, 0.25) is 0 Å². The quantitative estimate of drug-likeness (QED) is 0.869. The zero-order chi connectivity index (χ0) is 15.5. The number of hydrogen-bond donors (Lipinski definition) is 1. The summed E-state index contributed by atoms with van der Waals surface area (Å²) in [4.78, 5) is 7.44. The third kappa shape index (κ3) is 5.35. The van der Waals surface area contributed by atoms with Crippen LogP contribution in [0.4, 0.5) is 0 Å². The van der Waals surface area contributed by atoms with E-state index in [1.807, 2.05) is 11.3 Å². The predicted octanol–water partition coefficient (Wildman–Crippen LogP) is 3.65. The van der Waals surface area contributed by atoms with Gasteiger partial charge >= 0.3 is 0 Å². The molecule has 1 saturated heterocycles. The van der Waals surface area contributed by atoms with Crippen LogP contribution in [0.1, 0.15) is 58.2 Å². The second kappa shape index (κ2) is 7.21. The number of nitrogens with zero attached hydrogens (tertiary/aromatic N) is 2. The number of nitrogens with one attached hydrogen (secondary N) is 1. The van der Waals surface area contributed by atoms with Crippen LogP contribution >= 0.6 is 11.3 Å². The third-order valence-corrected chi connectivity index (χ3v) is 4.78. The number of aromatic nitrogens is 1. The normalized spacial score (nSPS) is 19.9. The van der Waals surface area contributed by atoms with Gasteiger partial charge < -0.3 is 5.32 Å². The molecule has 1 aliphatic rings. The van der Waals surface area contributed by atoms with E-state index in [4.69, 9.17) is 4.98 Å². The Morgan fingerprint density at radius 3 is 2.71 bits per heavy atom. The molecule has 1 aromatic heterocycles. The fourth-order valence-corrected chi connectivity index (χ4v) is 3.93. The molecule has 1 fully saturated rings. The summed E-state index contributed by atoms with van der Waals surface area (Å²) in [6, 6.07) is 0.672. The molecule has 120 valence electrons. The van der Waals surface area contributed by atoms with Crippen molar-refractivity contribution in [3.8, 4) is 0 Å². The van der Waals surface area contributed by atoms with E-state index in [-0.39, 0.29) is 5.41 Å². The van der Waals surface area contributed by atoms with Gasteiger partial charge in [-0.25, -0.2) is 4.98 Å². The van der Waals surface area contributed by atoms with Gasteiger partial charge in [0.15, 0.2) is 0 Å². The Morgan fingerprint density at radius 1 is 1.43 bits per heavy atom. The van der Waals surface area contributed by atoms with Gasteiger partial charge in [-0.1, -0.05) is 34.6 Å². The topological polar surface area (TPSA) is 28.2 Å². The minimum absolute atomic E-state index is 0.157. The van der Waals surface area contributed by atoms with Gasteiger partial charge in [-0.05, 0) is 25.3 Å². The molecule has 2 rings (SSSR count). The molecule has 21 heavy (non-hydrogen) atoms. The fourth-order valence-electron chi connectivity index (χ4n) is 2.86. The Kier molecular flexibility index (Phi) is 5.81. The first-order chi connectivity index (χ1) is 9.84. The molecule has 0 radical (unpaired) electrons. The molecule has 1 aromatic rings. The Morgan fingerprint density at radius 2 is 2.19 bits per heavy atom. The van der Waals surface area contributed by atoms with Crippen LogP contribution < -0.4 is 5.32 Å². The van der Waals surface area contributed by atoms with Crippen molar-refractivity contribution in [3.05, 3.63) is 16.1 Å². The minimum Gasteiger partial charge on any atom is -0.313 e. The van der Waals surface area contributed by atoms with Crippen molar-refractivity contribution in [1.82, 2.24) is 15.2 Å². The zero-order valence-corrected chi connectivity index (χ0v) is 15.1. The van der Waals surface area contributed by atoms with Gasteiger partial charge in [0.25, 0.3) is 0 Å². The van der Waals surface area contributed by atoms with E-state index in [9.17, 15) is 0 Å². The maximum Gasteiger partial charge on any atom is 0.107 e. The monoisotopic (exact) mass is 309 g/mol. The maximum absolute atomic E-state index is 4.86. The first-order valence-corrected chi connectivity index (χ1v) is 9.13. The van der Waals surface area contributed by atoms with Crippen molar-refractivity contribution < 1.29 is 0 Å². The molecule has 0 amide bonds. The van der Waals surface area contributed by atoms with Crippen molar-refractivity contribution in [2.45, 2.75) is 65.5 Å². The maximum atomic E-state index is 4.86. The van der Waals surface area contributed by atoms with Crippen LogP contribution in [0.5, 0.6) is 0 Å². The van der Waals surface area contributed by atoms with E-state index < -0.39 is 0 Å². The minimum atomic E-state index is 0.157. The lowest BCUT2D eigenvalue weighted by atomic mass is 9.93. The summed E-state index contributed by atoms with van der Waals surface area (Å²) in [6.07, 6.45) is 2.64. The molecule has 1 aliphatic heterocycles. The van der Waals surface area contributed by atoms with Crippen molar-refractivity contribution in [2.24, 2.45) is 5.92 Å². The lowest BCUT2D eigenvalue weighted by molar-refractivity contribution is 0.215. The second-order valence-electron chi connectivity index (χ2n) is 7.76. The molecular formula is C17H31N3S. The van der Waals surface area contributed by atoms with Crippen molar-refractivity contribution in [3.63, 3.8) is 0 Å². The van der Waals surface area contributed by atoms with Gasteiger partial charge in [-0.2, -0.15) is 0 Å². The number of hydrogen-bond acceptors (Lipinski definition) is 4. The van der Waals surface area contributed by atoms with Gasteiger partial charge in [0, 0.05) is 29.9 Å². The molecule has 2 heterocycles. The Balaban J connectivity index is 1.98. The average molecular weight is 310 g/mol. The van der Waals surface area contributed by atoms with Crippen molar-refractivity contribution in [2.75, 3.05) is 19.6 Å². The Hall–Kier alpha value is -0.450. The highest BCUT2D eigenvalue weighted by Gasteiger charge is 2.21. The third-order valence-electron chi connectivity index (χ3n) is 3.94. The molecule has 0 aromatic carbocycles. The molecular weight excluding hydrogens is 278 g/mol. The summed E-state index contributed by atoms with van der Waals surface area (Å²) in [5.41, 5.74) is 1.39. The summed E-state index contributed by atoms with van der Waals surface area (Å²) in [5, 5.41) is 7.11. The largest absolute Gasteiger partial charge is 0.313 e. The molecule has 0 saturated carbocycles. The van der Waals surface area contributed by atoms with E-state index in [0.717, 1.165) is 19.6 Å². The summed E-state index contributed by atoms with van der Waals surface area (Å²) in [7, 11) is 0. The highest BCUT2D eigenvalue weighted by molar-refractivity contribution is 7.09. The molecule has 1 N–H and O–H groups in total. The van der Waals surface area contributed by atoms with Crippen LogP contribution in [-0.2, 0) is 12.0 Å². The summed E-state index contributed by atoms with van der Waals surface area (Å²) >= 11 is 1.82. The Labute approximate surface area is 134 Å². The average Bonchev–Trinajstić information content (AvgIpc) is 2.98. The van der Waals surface area contributed by atoms with Crippen LogP contribution in [0.15, 0.2) is 5.38 Å². The van der Waals surface area contributed by atoms with Crippen LogP contribution in [0.3, 0.4) is 0 Å². The highest BCUT2D eigenvalue weighted by Crippen LogP contribution is 2.25. The van der Waals surface area contributed by atoms with E-state index in [1.54, 1.807) is 0 Å². The smallest absolute Gasteiger partial charge is 0.107 e. The van der Waals surface area contributed by atoms with Crippen LogP contribution in [0, 0.1) is 5.92 Å². The SMILES string of the molecule is CC(C)CN(Cc1nc(C(C)(C)C)cs1)CC1CCCN1. The molecule has 4 heteroatoms. The lowest BCUT2D eigenvalue weighted by Crippen LogP contribution is -2.39. The first kappa shape index (κ1) is 16.9. The van der Waals surface area contributed by atoms with Gasteiger partial charge in [0.05, 0.1) is 12.2 Å². The molecule has 1 unspecified atom stereocenters. The number of thiazole rings is 1. The van der Waals surface area contributed by atoms with Crippen LogP contribution in [0.2, 0.25) is 0 Å². The zero-order valence-electron chi connectivity index (χ0n) is 14.3. The van der Waals surface area contributed by atoms with Gasteiger partial charge in [-0.15, -0.1) is 11.3 Å². The first-order valence-electron chi connectivity index (χ1n) is 8.25. The standard InChI is InChI=1S/C17H31N3S/c1-13(2)9-20(10-14-7-6-8-18-14)11-16-19-15(12-21-16)17(3,4)5/h12-14,18H,6-11H2,1-5H3. The van der Waals surface area contributed by atoms with Crippen molar-refractivity contribution >= 4 is 11.3 Å². The summed E-state index contributed by atoms with van der Waals surface area (Å²) < 4.78 is 0. The molecule has 0 bridgehead atoms. The Bertz CT molecular complexity index is 427. The fraction of sp³-hybridized carbons (Fsp3) is 0.824. The lowest BCUT2D eigenvalue weighted by Gasteiger charge is -2.26. The van der Waals surface area contributed by atoms with Gasteiger partial charge in [0.1, 0.15) is 5.01 Å². The van der Waals surface area contributed by atoms with Crippen LogP contribution in [0.25, 0.3) is 0 Å². The van der Waals surface area contributed by atoms with E-state index >= 15 is 0 Å². The van der Waals surface area contributed by atoms with Crippen LogP contribution in [-0.4, -0.2) is 35.6 Å². The molecule has 3 nitrogen and oxygen atoms in total. The highest BCUT2D eigenvalue weighted by atomic mass is 32.1. The van der Waals surface area contributed by atoms with E-state index in [0.29, 0.717) is 12.0 Å². The predicted molar refractivity (Wildman–Crippen MR) is 92.0 cm³/mol. The van der Waals surface area contributed by atoms with E-state index in [1.165, 1.54) is 30.1 Å². The summed E-state index contributed by atoms with van der Waals surface area (Å²) in [6.45, 7) is 15.8. The number of rotatable bonds is 6.